The van der Waals surface area contributed by atoms with Gasteiger partial charge in [0.25, 0.3) is 0 Å². The van der Waals surface area contributed by atoms with E-state index in [4.69, 9.17) is 4.74 Å². The average Bonchev–Trinajstić information content (AvgIpc) is 2.33. The molecule has 0 saturated heterocycles. The van der Waals surface area contributed by atoms with E-state index in [0.717, 1.165) is 5.75 Å². The average molecular weight is 211 g/mol. The van der Waals surface area contributed by atoms with E-state index in [0.29, 0.717) is 0 Å². The number of hydrogen-bond donors (Lipinski definition) is 0. The number of aryl methyl sites for hydroxylation is 2. The molecule has 81 valence electrons. The first-order valence-corrected chi connectivity index (χ1v) is 5.30. The summed E-state index contributed by atoms with van der Waals surface area (Å²) in [5.74, 6) is 0.785. The zero-order chi connectivity index (χ0) is 11.5. The van der Waals surface area contributed by atoms with Crippen LogP contribution in [0.1, 0.15) is 11.1 Å². The molecule has 0 unspecified atom stereocenters. The standard InChI is InChI=1S/C15H15O/c1-11-4-5-14(10-12(11)2)13-6-8-15(16-3)9-7-13/h4-10H,3H2,1-2H3. The topological polar surface area (TPSA) is 9.23 Å². The maximum Gasteiger partial charge on any atom is 0.122 e. The van der Waals surface area contributed by atoms with Crippen LogP contribution in [-0.2, 0) is 0 Å². The highest BCUT2D eigenvalue weighted by molar-refractivity contribution is 5.65. The van der Waals surface area contributed by atoms with Crippen molar-refractivity contribution in [3.05, 3.63) is 60.7 Å². The first-order chi connectivity index (χ1) is 7.70. The number of benzene rings is 2. The van der Waals surface area contributed by atoms with Crippen LogP contribution in [0.3, 0.4) is 0 Å². The van der Waals surface area contributed by atoms with Crippen molar-refractivity contribution in [3.8, 4) is 16.9 Å². The lowest BCUT2D eigenvalue weighted by atomic mass is 10.0. The molecule has 0 saturated carbocycles. The molecule has 0 heterocycles. The van der Waals surface area contributed by atoms with Crippen molar-refractivity contribution < 1.29 is 4.74 Å². The molecule has 0 aliphatic rings. The summed E-state index contributed by atoms with van der Waals surface area (Å²) in [7, 11) is 3.38. The second-order valence-corrected chi connectivity index (χ2v) is 3.97. The molecule has 0 N–H and O–H groups in total. The minimum atomic E-state index is 0.785. The molecular weight excluding hydrogens is 196 g/mol. The number of hydrogen-bond acceptors (Lipinski definition) is 1. The molecule has 1 radical (unpaired) electrons. The molecule has 0 aliphatic heterocycles. The summed E-state index contributed by atoms with van der Waals surface area (Å²) in [6, 6.07) is 14.4. The van der Waals surface area contributed by atoms with Crippen molar-refractivity contribution in [2.45, 2.75) is 13.8 Å². The molecule has 0 aromatic heterocycles. The van der Waals surface area contributed by atoms with Crippen molar-refractivity contribution in [2.24, 2.45) is 0 Å². The lowest BCUT2D eigenvalue weighted by molar-refractivity contribution is 0.473. The maximum absolute atomic E-state index is 4.90. The molecule has 0 amide bonds. The Morgan fingerprint density at radius 1 is 0.812 bits per heavy atom. The molecule has 1 nitrogen and oxygen atoms in total. The zero-order valence-electron chi connectivity index (χ0n) is 9.66. The number of rotatable bonds is 2. The fourth-order valence-corrected chi connectivity index (χ4v) is 1.66. The molecule has 1 heteroatoms. The molecule has 2 aromatic carbocycles. The molecule has 0 atom stereocenters. The van der Waals surface area contributed by atoms with Gasteiger partial charge in [-0.25, -0.2) is 0 Å². The highest BCUT2D eigenvalue weighted by atomic mass is 16.5. The van der Waals surface area contributed by atoms with Crippen molar-refractivity contribution in [2.75, 3.05) is 0 Å². The monoisotopic (exact) mass is 211 g/mol. The molecule has 0 aliphatic carbocycles. The predicted molar refractivity (Wildman–Crippen MR) is 67.3 cm³/mol. The van der Waals surface area contributed by atoms with Gasteiger partial charge >= 0.3 is 0 Å². The van der Waals surface area contributed by atoms with Gasteiger partial charge in [0.15, 0.2) is 0 Å². The van der Waals surface area contributed by atoms with Gasteiger partial charge in [0, 0.05) is 0 Å². The number of ether oxygens (including phenoxy) is 1. The van der Waals surface area contributed by atoms with Crippen LogP contribution in [0, 0.1) is 21.0 Å². The second-order valence-electron chi connectivity index (χ2n) is 3.97. The Labute approximate surface area is 96.7 Å². The maximum atomic E-state index is 4.90. The van der Waals surface area contributed by atoms with E-state index in [9.17, 15) is 0 Å². The van der Waals surface area contributed by atoms with E-state index < -0.39 is 0 Å². The van der Waals surface area contributed by atoms with E-state index in [2.05, 4.69) is 39.2 Å². The van der Waals surface area contributed by atoms with E-state index in [1.54, 1.807) is 0 Å². The summed E-state index contributed by atoms with van der Waals surface area (Å²) in [4.78, 5) is 0. The van der Waals surface area contributed by atoms with Crippen molar-refractivity contribution in [1.29, 1.82) is 0 Å². The largest absolute Gasteiger partial charge is 0.490 e. The van der Waals surface area contributed by atoms with Crippen LogP contribution in [0.15, 0.2) is 42.5 Å². The summed E-state index contributed by atoms with van der Waals surface area (Å²) in [6.07, 6.45) is 0. The Bertz CT molecular complexity index is 483. The molecule has 16 heavy (non-hydrogen) atoms. The minimum Gasteiger partial charge on any atom is -0.490 e. The van der Waals surface area contributed by atoms with Crippen molar-refractivity contribution in [1.82, 2.24) is 0 Å². The van der Waals surface area contributed by atoms with Gasteiger partial charge in [0.1, 0.15) is 12.9 Å². The Hall–Kier alpha value is -1.76. The Balaban J connectivity index is 2.38. The van der Waals surface area contributed by atoms with Crippen LogP contribution in [0.2, 0.25) is 0 Å². The van der Waals surface area contributed by atoms with E-state index in [1.807, 2.05) is 24.3 Å². The van der Waals surface area contributed by atoms with Crippen molar-refractivity contribution >= 4 is 0 Å². The van der Waals surface area contributed by atoms with Gasteiger partial charge in [0.2, 0.25) is 0 Å². The fraction of sp³-hybridized carbons (Fsp3) is 0.133. The molecular formula is C15H15O. The summed E-state index contributed by atoms with van der Waals surface area (Å²) >= 11 is 0. The first-order valence-electron chi connectivity index (χ1n) is 5.30. The third-order valence-electron chi connectivity index (χ3n) is 2.86. The molecule has 0 bridgehead atoms. The van der Waals surface area contributed by atoms with Crippen molar-refractivity contribution in [3.63, 3.8) is 0 Å². The summed E-state index contributed by atoms with van der Waals surface area (Å²) in [5, 5.41) is 0. The SMILES string of the molecule is [CH2]Oc1ccc(-c2ccc(C)c(C)c2)cc1. The summed E-state index contributed by atoms with van der Waals surface area (Å²) in [5.41, 5.74) is 5.07. The minimum absolute atomic E-state index is 0.785. The van der Waals surface area contributed by atoms with Gasteiger partial charge in [-0.05, 0) is 48.2 Å². The Kier molecular flexibility index (Phi) is 2.95. The quantitative estimate of drug-likeness (QED) is 0.725. The van der Waals surface area contributed by atoms with E-state index >= 15 is 0 Å². The van der Waals surface area contributed by atoms with Crippen LogP contribution in [0.5, 0.6) is 5.75 Å². The molecule has 2 rings (SSSR count). The highest BCUT2D eigenvalue weighted by Gasteiger charge is 2.00. The normalized spacial score (nSPS) is 10.2. The van der Waals surface area contributed by atoms with Crippen LogP contribution in [0.4, 0.5) is 0 Å². The summed E-state index contributed by atoms with van der Waals surface area (Å²) < 4.78 is 4.90. The third kappa shape index (κ3) is 2.08. The lowest BCUT2D eigenvalue weighted by Gasteiger charge is -2.06. The van der Waals surface area contributed by atoms with E-state index in [-0.39, 0.29) is 0 Å². The van der Waals surface area contributed by atoms with Gasteiger partial charge in [0.05, 0.1) is 0 Å². The van der Waals surface area contributed by atoms with Crippen LogP contribution in [0.25, 0.3) is 11.1 Å². The summed E-state index contributed by atoms with van der Waals surface area (Å²) in [6.45, 7) is 4.26. The van der Waals surface area contributed by atoms with Gasteiger partial charge in [-0.2, -0.15) is 0 Å². The predicted octanol–water partition coefficient (Wildman–Crippen LogP) is 4.14. The molecule has 0 spiro atoms. The lowest BCUT2D eigenvalue weighted by Crippen LogP contribution is -1.84. The Morgan fingerprint density at radius 3 is 2.00 bits per heavy atom. The van der Waals surface area contributed by atoms with Crippen LogP contribution < -0.4 is 4.74 Å². The van der Waals surface area contributed by atoms with Gasteiger partial charge < -0.3 is 4.74 Å². The highest BCUT2D eigenvalue weighted by Crippen LogP contribution is 2.24. The van der Waals surface area contributed by atoms with E-state index in [1.165, 1.54) is 22.3 Å². The third-order valence-corrected chi connectivity index (χ3v) is 2.86. The fourth-order valence-electron chi connectivity index (χ4n) is 1.66. The first kappa shape index (κ1) is 10.7. The van der Waals surface area contributed by atoms with Crippen LogP contribution in [-0.4, -0.2) is 0 Å². The van der Waals surface area contributed by atoms with Crippen LogP contribution >= 0.6 is 0 Å². The second kappa shape index (κ2) is 4.40. The Morgan fingerprint density at radius 2 is 1.44 bits per heavy atom. The van der Waals surface area contributed by atoms with Gasteiger partial charge in [-0.3, -0.25) is 0 Å². The van der Waals surface area contributed by atoms with Gasteiger partial charge in [-0.15, -0.1) is 0 Å². The molecule has 0 fully saturated rings. The zero-order valence-corrected chi connectivity index (χ0v) is 9.66. The van der Waals surface area contributed by atoms with Gasteiger partial charge in [-0.1, -0.05) is 30.3 Å². The molecule has 2 aromatic rings. The smallest absolute Gasteiger partial charge is 0.122 e.